The zero-order valence-electron chi connectivity index (χ0n) is 12.3. The zero-order chi connectivity index (χ0) is 15.4. The van der Waals surface area contributed by atoms with Crippen molar-refractivity contribution in [1.29, 1.82) is 0 Å². The third-order valence-corrected chi connectivity index (χ3v) is 4.30. The fourth-order valence-electron chi connectivity index (χ4n) is 2.57. The van der Waals surface area contributed by atoms with Crippen LogP contribution in [0.5, 0.6) is 0 Å². The number of benzene rings is 2. The van der Waals surface area contributed by atoms with E-state index in [-0.39, 0.29) is 12.1 Å². The highest BCUT2D eigenvalue weighted by molar-refractivity contribution is 6.31. The first-order chi connectivity index (χ1) is 10.7. The molecule has 0 radical (unpaired) electrons. The second-order valence-electron chi connectivity index (χ2n) is 5.64. The topological polar surface area (TPSA) is 41.1 Å². The minimum absolute atomic E-state index is 0.0902. The van der Waals surface area contributed by atoms with E-state index in [2.05, 4.69) is 22.8 Å². The van der Waals surface area contributed by atoms with Gasteiger partial charge in [-0.05, 0) is 36.0 Å². The van der Waals surface area contributed by atoms with Gasteiger partial charge in [-0.15, -0.1) is 0 Å². The monoisotopic (exact) mass is 314 g/mol. The first kappa shape index (κ1) is 14.9. The Morgan fingerprint density at radius 1 is 1.09 bits per heavy atom. The maximum Gasteiger partial charge on any atom is 0.315 e. The quantitative estimate of drug-likeness (QED) is 0.849. The molecule has 3 rings (SSSR count). The van der Waals surface area contributed by atoms with Crippen LogP contribution in [0, 0.1) is 5.92 Å². The Morgan fingerprint density at radius 3 is 2.45 bits per heavy atom. The molecule has 2 aromatic rings. The number of carbonyl (C=O) groups is 1. The smallest absolute Gasteiger partial charge is 0.315 e. The lowest BCUT2D eigenvalue weighted by molar-refractivity contribution is 0.235. The van der Waals surface area contributed by atoms with Gasteiger partial charge in [0.1, 0.15) is 0 Å². The van der Waals surface area contributed by atoms with E-state index in [0.717, 1.165) is 11.1 Å². The van der Waals surface area contributed by atoms with Gasteiger partial charge in [0.15, 0.2) is 0 Å². The van der Waals surface area contributed by atoms with Gasteiger partial charge in [0, 0.05) is 11.6 Å². The second kappa shape index (κ2) is 6.84. The van der Waals surface area contributed by atoms with E-state index in [1.54, 1.807) is 0 Å². The van der Waals surface area contributed by atoms with Crippen molar-refractivity contribution < 1.29 is 4.79 Å². The highest BCUT2D eigenvalue weighted by Crippen LogP contribution is 2.40. The molecule has 2 N–H and O–H groups in total. The van der Waals surface area contributed by atoms with Gasteiger partial charge >= 0.3 is 6.03 Å². The molecule has 0 aliphatic heterocycles. The molecule has 0 bridgehead atoms. The van der Waals surface area contributed by atoms with Crippen molar-refractivity contribution in [3.8, 4) is 0 Å². The summed E-state index contributed by atoms with van der Waals surface area (Å²) in [5.41, 5.74) is 2.08. The molecular weight excluding hydrogens is 296 g/mol. The van der Waals surface area contributed by atoms with Gasteiger partial charge < -0.3 is 10.6 Å². The molecular formula is C18H19ClN2O. The largest absolute Gasteiger partial charge is 0.334 e. The van der Waals surface area contributed by atoms with Crippen molar-refractivity contribution in [2.45, 2.75) is 25.4 Å². The first-order valence-corrected chi connectivity index (χ1v) is 7.94. The van der Waals surface area contributed by atoms with Crippen LogP contribution in [-0.4, -0.2) is 6.03 Å². The lowest BCUT2D eigenvalue weighted by atomic mass is 10.0. The van der Waals surface area contributed by atoms with Crippen LogP contribution in [0.15, 0.2) is 54.6 Å². The van der Waals surface area contributed by atoms with Gasteiger partial charge in [0.25, 0.3) is 0 Å². The average Bonchev–Trinajstić information content (AvgIpc) is 3.37. The molecule has 0 heterocycles. The molecule has 0 aromatic heterocycles. The van der Waals surface area contributed by atoms with Gasteiger partial charge in [0.2, 0.25) is 0 Å². The van der Waals surface area contributed by atoms with Crippen LogP contribution >= 0.6 is 11.6 Å². The third-order valence-electron chi connectivity index (χ3n) is 3.94. The van der Waals surface area contributed by atoms with Crippen LogP contribution in [0.2, 0.25) is 5.02 Å². The zero-order valence-corrected chi connectivity index (χ0v) is 13.0. The van der Waals surface area contributed by atoms with Crippen molar-refractivity contribution in [2.75, 3.05) is 0 Å². The molecule has 2 aromatic carbocycles. The minimum atomic E-state index is -0.152. The number of halogens is 1. The highest BCUT2D eigenvalue weighted by Gasteiger charge is 2.33. The van der Waals surface area contributed by atoms with Crippen LogP contribution in [0.3, 0.4) is 0 Å². The van der Waals surface area contributed by atoms with E-state index in [1.807, 2.05) is 42.5 Å². The number of rotatable bonds is 5. The van der Waals surface area contributed by atoms with Gasteiger partial charge in [-0.2, -0.15) is 0 Å². The molecule has 0 saturated heterocycles. The summed E-state index contributed by atoms with van der Waals surface area (Å²) >= 11 is 6.10. The molecule has 22 heavy (non-hydrogen) atoms. The summed E-state index contributed by atoms with van der Waals surface area (Å²) < 4.78 is 0. The average molecular weight is 315 g/mol. The summed E-state index contributed by atoms with van der Waals surface area (Å²) in [7, 11) is 0. The molecule has 1 fully saturated rings. The standard InChI is InChI=1S/C18H19ClN2O/c19-16-9-5-4-8-15(16)12-20-18(22)21-17(14-10-11-14)13-6-2-1-3-7-13/h1-9,14,17H,10-12H2,(H2,20,21,22). The van der Waals surface area contributed by atoms with Crippen molar-refractivity contribution in [3.05, 3.63) is 70.7 Å². The molecule has 1 saturated carbocycles. The Kier molecular flexibility index (Phi) is 4.64. The number of carbonyl (C=O) groups excluding carboxylic acids is 1. The molecule has 0 spiro atoms. The number of hydrogen-bond donors (Lipinski definition) is 2. The van der Waals surface area contributed by atoms with Gasteiger partial charge in [-0.25, -0.2) is 4.79 Å². The van der Waals surface area contributed by atoms with E-state index in [9.17, 15) is 4.79 Å². The molecule has 114 valence electrons. The maximum atomic E-state index is 12.2. The molecule has 1 aliphatic carbocycles. The molecule has 1 atom stereocenters. The van der Waals surface area contributed by atoms with E-state index < -0.39 is 0 Å². The summed E-state index contributed by atoms with van der Waals surface area (Å²) in [6, 6.07) is 17.6. The van der Waals surface area contributed by atoms with Crippen LogP contribution in [0.25, 0.3) is 0 Å². The Morgan fingerprint density at radius 2 is 1.77 bits per heavy atom. The molecule has 1 aliphatic rings. The summed E-state index contributed by atoms with van der Waals surface area (Å²) in [6.45, 7) is 0.428. The summed E-state index contributed by atoms with van der Waals surface area (Å²) in [5.74, 6) is 0.550. The van der Waals surface area contributed by atoms with Crippen molar-refractivity contribution >= 4 is 17.6 Å². The summed E-state index contributed by atoms with van der Waals surface area (Å²) in [5, 5.41) is 6.65. The molecule has 2 amide bonds. The van der Waals surface area contributed by atoms with E-state index >= 15 is 0 Å². The predicted octanol–water partition coefficient (Wildman–Crippen LogP) is 4.29. The summed E-state index contributed by atoms with van der Waals surface area (Å²) in [6.07, 6.45) is 2.34. The Labute approximate surface area is 135 Å². The van der Waals surface area contributed by atoms with Crippen LogP contribution in [-0.2, 0) is 6.54 Å². The SMILES string of the molecule is O=C(NCc1ccccc1Cl)NC(c1ccccc1)C1CC1. The van der Waals surface area contributed by atoms with Gasteiger partial charge in [-0.3, -0.25) is 0 Å². The number of amides is 2. The predicted molar refractivity (Wildman–Crippen MR) is 88.7 cm³/mol. The van der Waals surface area contributed by atoms with Crippen LogP contribution in [0.1, 0.15) is 30.0 Å². The number of nitrogens with one attached hydrogen (secondary N) is 2. The molecule has 4 heteroatoms. The van der Waals surface area contributed by atoms with Crippen molar-refractivity contribution in [1.82, 2.24) is 10.6 Å². The number of urea groups is 1. The van der Waals surface area contributed by atoms with Crippen molar-refractivity contribution in [2.24, 2.45) is 5.92 Å². The van der Waals surface area contributed by atoms with Crippen LogP contribution in [0.4, 0.5) is 4.79 Å². The first-order valence-electron chi connectivity index (χ1n) is 7.57. The minimum Gasteiger partial charge on any atom is -0.334 e. The Balaban J connectivity index is 1.59. The van der Waals surface area contributed by atoms with E-state index in [1.165, 1.54) is 12.8 Å². The fourth-order valence-corrected chi connectivity index (χ4v) is 2.78. The van der Waals surface area contributed by atoms with Crippen LogP contribution < -0.4 is 10.6 Å². The van der Waals surface area contributed by atoms with Gasteiger partial charge in [-0.1, -0.05) is 60.1 Å². The normalized spacial score (nSPS) is 15.1. The van der Waals surface area contributed by atoms with Gasteiger partial charge in [0.05, 0.1) is 6.04 Å². The maximum absolute atomic E-state index is 12.2. The van der Waals surface area contributed by atoms with Crippen molar-refractivity contribution in [3.63, 3.8) is 0 Å². The van der Waals surface area contributed by atoms with E-state index in [4.69, 9.17) is 11.6 Å². The lowest BCUT2D eigenvalue weighted by Gasteiger charge is -2.19. The summed E-state index contributed by atoms with van der Waals surface area (Å²) in [4.78, 5) is 12.2. The highest BCUT2D eigenvalue weighted by atomic mass is 35.5. The molecule has 1 unspecified atom stereocenters. The third kappa shape index (κ3) is 3.80. The lowest BCUT2D eigenvalue weighted by Crippen LogP contribution is -2.38. The second-order valence-corrected chi connectivity index (χ2v) is 6.05. The fraction of sp³-hybridized carbons (Fsp3) is 0.278. The van der Waals surface area contributed by atoms with E-state index in [0.29, 0.717) is 17.5 Å². The number of hydrogen-bond acceptors (Lipinski definition) is 1. The Hall–Kier alpha value is -2.00. The molecule has 3 nitrogen and oxygen atoms in total. The Bertz CT molecular complexity index is 641.